The van der Waals surface area contributed by atoms with Crippen molar-refractivity contribution in [3.63, 3.8) is 0 Å². The van der Waals surface area contributed by atoms with Crippen LogP contribution < -0.4 is 5.32 Å². The summed E-state index contributed by atoms with van der Waals surface area (Å²) >= 11 is 6.10. The van der Waals surface area contributed by atoms with Crippen LogP contribution in [0.1, 0.15) is 21.6 Å². The third kappa shape index (κ3) is 3.31. The molecule has 3 rings (SSSR count). The molecule has 0 saturated heterocycles. The van der Waals surface area contributed by atoms with Crippen molar-refractivity contribution in [2.45, 2.75) is 13.8 Å². The number of benzene rings is 2. The Kier molecular flexibility index (Phi) is 4.63. The van der Waals surface area contributed by atoms with E-state index in [1.165, 1.54) is 0 Å². The Labute approximate surface area is 146 Å². The monoisotopic (exact) mass is 336 g/mol. The highest BCUT2D eigenvalue weighted by molar-refractivity contribution is 6.31. The predicted octanol–water partition coefficient (Wildman–Crippen LogP) is 5.27. The summed E-state index contributed by atoms with van der Waals surface area (Å²) in [5, 5.41) is 3.53. The van der Waals surface area contributed by atoms with E-state index in [1.807, 2.05) is 62.4 Å². The van der Waals surface area contributed by atoms with Crippen molar-refractivity contribution in [3.05, 3.63) is 82.5 Å². The topological polar surface area (TPSA) is 42.0 Å². The number of carbonyl (C=O) groups is 1. The Balaban J connectivity index is 1.87. The number of aromatic nitrogens is 1. The summed E-state index contributed by atoms with van der Waals surface area (Å²) < 4.78 is 0. The van der Waals surface area contributed by atoms with Crippen molar-refractivity contribution in [3.8, 4) is 11.3 Å². The lowest BCUT2D eigenvalue weighted by molar-refractivity contribution is 0.102. The molecule has 0 unspecified atom stereocenters. The zero-order valence-corrected chi connectivity index (χ0v) is 14.3. The predicted molar refractivity (Wildman–Crippen MR) is 98.6 cm³/mol. The first-order chi connectivity index (χ1) is 11.6. The number of hydrogen-bond donors (Lipinski definition) is 1. The van der Waals surface area contributed by atoms with E-state index in [-0.39, 0.29) is 5.91 Å². The number of pyridine rings is 1. The number of anilines is 1. The normalized spacial score (nSPS) is 10.5. The van der Waals surface area contributed by atoms with Crippen LogP contribution in [-0.2, 0) is 0 Å². The van der Waals surface area contributed by atoms with E-state index >= 15 is 0 Å². The Bertz CT molecular complexity index is 891. The molecule has 0 fully saturated rings. The van der Waals surface area contributed by atoms with Gasteiger partial charge in [0.15, 0.2) is 0 Å². The molecule has 1 heterocycles. The third-order valence-electron chi connectivity index (χ3n) is 3.92. The lowest BCUT2D eigenvalue weighted by Gasteiger charge is -2.11. The van der Waals surface area contributed by atoms with E-state index in [9.17, 15) is 4.79 Å². The molecule has 0 aliphatic carbocycles. The van der Waals surface area contributed by atoms with Crippen LogP contribution in [0.15, 0.2) is 60.7 Å². The van der Waals surface area contributed by atoms with Gasteiger partial charge in [0.1, 0.15) is 0 Å². The molecule has 3 nitrogen and oxygen atoms in total. The lowest BCUT2D eigenvalue weighted by atomic mass is 10.1. The number of hydrogen-bond acceptors (Lipinski definition) is 2. The molecule has 0 aliphatic heterocycles. The summed E-state index contributed by atoms with van der Waals surface area (Å²) in [6.07, 6.45) is 0. The van der Waals surface area contributed by atoms with E-state index in [0.717, 1.165) is 16.8 Å². The van der Waals surface area contributed by atoms with Gasteiger partial charge in [0.05, 0.1) is 17.0 Å². The van der Waals surface area contributed by atoms with Gasteiger partial charge >= 0.3 is 0 Å². The number of amides is 1. The second kappa shape index (κ2) is 6.85. The van der Waals surface area contributed by atoms with Crippen molar-refractivity contribution in [1.29, 1.82) is 0 Å². The van der Waals surface area contributed by atoms with Crippen molar-refractivity contribution in [1.82, 2.24) is 4.98 Å². The van der Waals surface area contributed by atoms with Gasteiger partial charge in [-0.1, -0.05) is 48.0 Å². The van der Waals surface area contributed by atoms with Gasteiger partial charge in [-0.05, 0) is 43.7 Å². The molecule has 24 heavy (non-hydrogen) atoms. The van der Waals surface area contributed by atoms with E-state index < -0.39 is 0 Å². The fourth-order valence-electron chi connectivity index (χ4n) is 2.50. The Hall–Kier alpha value is -2.65. The van der Waals surface area contributed by atoms with E-state index in [0.29, 0.717) is 22.0 Å². The smallest absolute Gasteiger partial charge is 0.257 e. The number of aryl methyl sites for hydroxylation is 1. The first-order valence-electron chi connectivity index (χ1n) is 7.66. The third-order valence-corrected chi connectivity index (χ3v) is 4.33. The van der Waals surface area contributed by atoms with Crippen LogP contribution in [0.2, 0.25) is 5.02 Å². The zero-order chi connectivity index (χ0) is 17.1. The molecule has 0 spiro atoms. The van der Waals surface area contributed by atoms with Gasteiger partial charge in [-0.25, -0.2) is 0 Å². The minimum atomic E-state index is -0.190. The fraction of sp³-hybridized carbons (Fsp3) is 0.100. The Morgan fingerprint density at radius 1 is 0.958 bits per heavy atom. The number of nitrogens with zero attached hydrogens (tertiary/aromatic N) is 1. The number of nitrogens with one attached hydrogen (secondary N) is 1. The summed E-state index contributed by atoms with van der Waals surface area (Å²) in [4.78, 5) is 17.1. The summed E-state index contributed by atoms with van der Waals surface area (Å²) in [5.41, 5.74) is 4.67. The molecule has 0 atom stereocenters. The second-order valence-electron chi connectivity index (χ2n) is 5.56. The largest absolute Gasteiger partial charge is 0.322 e. The maximum Gasteiger partial charge on any atom is 0.257 e. The molecule has 0 radical (unpaired) electrons. The van der Waals surface area contributed by atoms with Crippen molar-refractivity contribution in [2.75, 3.05) is 5.32 Å². The van der Waals surface area contributed by atoms with Crippen LogP contribution >= 0.6 is 11.6 Å². The van der Waals surface area contributed by atoms with Crippen molar-refractivity contribution < 1.29 is 4.79 Å². The Morgan fingerprint density at radius 2 is 1.71 bits per heavy atom. The van der Waals surface area contributed by atoms with Crippen LogP contribution in [0, 0.1) is 13.8 Å². The van der Waals surface area contributed by atoms with E-state index in [1.54, 1.807) is 12.1 Å². The summed E-state index contributed by atoms with van der Waals surface area (Å²) in [6.45, 7) is 3.72. The summed E-state index contributed by atoms with van der Waals surface area (Å²) in [6, 6.07) is 19.0. The fourth-order valence-corrected chi connectivity index (χ4v) is 2.68. The van der Waals surface area contributed by atoms with Gasteiger partial charge in [0, 0.05) is 16.3 Å². The van der Waals surface area contributed by atoms with Crippen LogP contribution in [0.5, 0.6) is 0 Å². The number of halogens is 1. The Morgan fingerprint density at radius 3 is 2.42 bits per heavy atom. The van der Waals surface area contributed by atoms with Gasteiger partial charge in [0.25, 0.3) is 5.91 Å². The molecule has 2 aromatic carbocycles. The minimum Gasteiger partial charge on any atom is -0.322 e. The highest BCUT2D eigenvalue weighted by Crippen LogP contribution is 2.24. The minimum absolute atomic E-state index is 0.190. The first-order valence-corrected chi connectivity index (χ1v) is 8.03. The SMILES string of the molecule is Cc1nc(-c2ccccc2)ccc1C(=O)Nc1cccc(Cl)c1C. The average Bonchev–Trinajstić information content (AvgIpc) is 2.59. The van der Waals surface area contributed by atoms with Gasteiger partial charge in [0.2, 0.25) is 0 Å². The molecule has 1 amide bonds. The van der Waals surface area contributed by atoms with Crippen molar-refractivity contribution in [2.24, 2.45) is 0 Å². The highest BCUT2D eigenvalue weighted by atomic mass is 35.5. The molecular formula is C20H17ClN2O. The van der Waals surface area contributed by atoms with Gasteiger partial charge in [-0.2, -0.15) is 0 Å². The zero-order valence-electron chi connectivity index (χ0n) is 13.5. The standard InChI is InChI=1S/C20H17ClN2O/c1-13-17(21)9-6-10-18(13)23-20(24)16-11-12-19(22-14(16)2)15-7-4-3-5-8-15/h3-12H,1-2H3,(H,23,24). The molecule has 0 saturated carbocycles. The van der Waals surface area contributed by atoms with Gasteiger partial charge in [-0.3, -0.25) is 9.78 Å². The summed E-state index contributed by atoms with van der Waals surface area (Å²) in [7, 11) is 0. The van der Waals surface area contributed by atoms with Crippen LogP contribution in [0.4, 0.5) is 5.69 Å². The first kappa shape index (κ1) is 16.2. The molecule has 4 heteroatoms. The number of carbonyl (C=O) groups excluding carboxylic acids is 1. The van der Waals surface area contributed by atoms with E-state index in [4.69, 9.17) is 11.6 Å². The van der Waals surface area contributed by atoms with Crippen molar-refractivity contribution >= 4 is 23.2 Å². The highest BCUT2D eigenvalue weighted by Gasteiger charge is 2.13. The average molecular weight is 337 g/mol. The van der Waals surface area contributed by atoms with E-state index in [2.05, 4.69) is 10.3 Å². The number of rotatable bonds is 3. The maximum atomic E-state index is 12.6. The van der Waals surface area contributed by atoms with Crippen LogP contribution in [0.3, 0.4) is 0 Å². The summed E-state index contributed by atoms with van der Waals surface area (Å²) in [5.74, 6) is -0.190. The maximum absolute atomic E-state index is 12.6. The van der Waals surface area contributed by atoms with Crippen LogP contribution in [-0.4, -0.2) is 10.9 Å². The van der Waals surface area contributed by atoms with Gasteiger partial charge in [-0.15, -0.1) is 0 Å². The molecular weight excluding hydrogens is 320 g/mol. The molecule has 1 aromatic heterocycles. The second-order valence-corrected chi connectivity index (χ2v) is 5.97. The van der Waals surface area contributed by atoms with Crippen LogP contribution in [0.25, 0.3) is 11.3 Å². The molecule has 0 aliphatic rings. The lowest BCUT2D eigenvalue weighted by Crippen LogP contribution is -2.15. The molecule has 120 valence electrons. The molecule has 3 aromatic rings. The quantitative estimate of drug-likeness (QED) is 0.707. The molecule has 0 bridgehead atoms. The van der Waals surface area contributed by atoms with Gasteiger partial charge < -0.3 is 5.32 Å². The molecule has 1 N–H and O–H groups in total.